The minimum absolute atomic E-state index is 0.831. The number of rotatable bonds is 5. The number of pyridine rings is 1. The topological polar surface area (TPSA) is 42.8 Å². The first-order valence-corrected chi connectivity index (χ1v) is 9.95. The summed E-state index contributed by atoms with van der Waals surface area (Å²) in [5.41, 5.74) is 5.51. The summed E-state index contributed by atoms with van der Waals surface area (Å²) >= 11 is 0. The van der Waals surface area contributed by atoms with Crippen molar-refractivity contribution in [1.29, 1.82) is 0 Å². The molecule has 146 valence electrons. The van der Waals surface area contributed by atoms with Gasteiger partial charge in [0.25, 0.3) is 0 Å². The molecule has 6 nitrogen and oxygen atoms in total. The molecule has 2 aliphatic heterocycles. The Labute approximate surface area is 161 Å². The van der Waals surface area contributed by atoms with E-state index in [-0.39, 0.29) is 0 Å². The summed E-state index contributed by atoms with van der Waals surface area (Å²) in [5.74, 6) is 1.00. The van der Waals surface area contributed by atoms with Gasteiger partial charge in [0.2, 0.25) is 0 Å². The van der Waals surface area contributed by atoms with Crippen molar-refractivity contribution in [2.75, 3.05) is 52.6 Å². The lowest BCUT2D eigenvalue weighted by Crippen LogP contribution is -2.37. The maximum absolute atomic E-state index is 5.54. The van der Waals surface area contributed by atoms with Crippen LogP contribution < -0.4 is 0 Å². The fraction of sp³-hybridized carbons (Fsp3) is 0.571. The number of hydrogen-bond donors (Lipinski definition) is 0. The summed E-state index contributed by atoms with van der Waals surface area (Å²) in [4.78, 5) is 9.64. The van der Waals surface area contributed by atoms with E-state index in [1.165, 1.54) is 22.5 Å². The second-order valence-electron chi connectivity index (χ2n) is 7.43. The molecule has 6 heteroatoms. The Kier molecular flexibility index (Phi) is 5.88. The molecule has 4 rings (SSSR count). The van der Waals surface area contributed by atoms with Gasteiger partial charge in [-0.2, -0.15) is 0 Å². The SMILES string of the molecule is Cc1c(CN2CCOCC2)c(CN2CCOCC2)c(C)n1-c1ccccn1. The minimum atomic E-state index is 0.831. The van der Waals surface area contributed by atoms with E-state index in [1.807, 2.05) is 12.3 Å². The Balaban J connectivity index is 1.69. The van der Waals surface area contributed by atoms with Gasteiger partial charge < -0.3 is 14.0 Å². The monoisotopic (exact) mass is 370 g/mol. The molecule has 0 radical (unpaired) electrons. The highest BCUT2D eigenvalue weighted by molar-refractivity contribution is 5.44. The van der Waals surface area contributed by atoms with Gasteiger partial charge in [-0.05, 0) is 37.1 Å². The van der Waals surface area contributed by atoms with Crippen LogP contribution in [0.2, 0.25) is 0 Å². The molecular formula is C21H30N4O2. The lowest BCUT2D eigenvalue weighted by molar-refractivity contribution is 0.0309. The third kappa shape index (κ3) is 4.09. The molecule has 0 saturated carbocycles. The molecule has 0 aromatic carbocycles. The predicted molar refractivity (Wildman–Crippen MR) is 105 cm³/mol. The fourth-order valence-electron chi connectivity index (χ4n) is 4.17. The molecule has 2 saturated heterocycles. The van der Waals surface area contributed by atoms with Gasteiger partial charge in [0, 0.05) is 56.9 Å². The highest BCUT2D eigenvalue weighted by atomic mass is 16.5. The summed E-state index contributed by atoms with van der Waals surface area (Å²) < 4.78 is 13.4. The van der Waals surface area contributed by atoms with Gasteiger partial charge in [-0.15, -0.1) is 0 Å². The van der Waals surface area contributed by atoms with Crippen LogP contribution in [0.1, 0.15) is 22.5 Å². The Bertz CT molecular complexity index is 704. The average molecular weight is 370 g/mol. The maximum atomic E-state index is 5.54. The van der Waals surface area contributed by atoms with Gasteiger partial charge in [0.15, 0.2) is 0 Å². The standard InChI is InChI=1S/C21H30N4O2/c1-17-19(15-23-7-11-26-12-8-23)20(16-24-9-13-27-14-10-24)18(2)25(17)21-5-3-4-6-22-21/h3-6H,7-16H2,1-2H3. The highest BCUT2D eigenvalue weighted by Gasteiger charge is 2.24. The Hall–Kier alpha value is -1.73. The molecule has 2 aromatic rings. The van der Waals surface area contributed by atoms with Crippen molar-refractivity contribution < 1.29 is 9.47 Å². The molecule has 4 heterocycles. The van der Waals surface area contributed by atoms with Gasteiger partial charge in [-0.1, -0.05) is 6.07 Å². The van der Waals surface area contributed by atoms with E-state index < -0.39 is 0 Å². The molecule has 2 fully saturated rings. The van der Waals surface area contributed by atoms with E-state index in [1.54, 1.807) is 0 Å². The summed E-state index contributed by atoms with van der Waals surface area (Å²) in [6.07, 6.45) is 1.87. The van der Waals surface area contributed by atoms with Crippen LogP contribution in [0, 0.1) is 13.8 Å². The first kappa shape index (κ1) is 18.6. The van der Waals surface area contributed by atoms with Gasteiger partial charge >= 0.3 is 0 Å². The quantitative estimate of drug-likeness (QED) is 0.807. The normalized spacial score (nSPS) is 19.5. The van der Waals surface area contributed by atoms with Crippen LogP contribution in [0.3, 0.4) is 0 Å². The number of nitrogens with zero attached hydrogens (tertiary/aromatic N) is 4. The third-order valence-corrected chi connectivity index (χ3v) is 5.76. The molecule has 0 unspecified atom stereocenters. The maximum Gasteiger partial charge on any atom is 0.136 e. The van der Waals surface area contributed by atoms with Crippen molar-refractivity contribution in [3.8, 4) is 5.82 Å². The van der Waals surface area contributed by atoms with E-state index in [0.29, 0.717) is 0 Å². The molecule has 27 heavy (non-hydrogen) atoms. The van der Waals surface area contributed by atoms with E-state index in [2.05, 4.69) is 45.3 Å². The van der Waals surface area contributed by atoms with Gasteiger partial charge in [-0.25, -0.2) is 4.98 Å². The lowest BCUT2D eigenvalue weighted by atomic mass is 10.1. The van der Waals surface area contributed by atoms with Crippen LogP contribution in [-0.4, -0.2) is 72.0 Å². The molecule has 2 aliphatic rings. The van der Waals surface area contributed by atoms with Crippen LogP contribution in [0.15, 0.2) is 24.4 Å². The van der Waals surface area contributed by atoms with Crippen LogP contribution in [0.5, 0.6) is 0 Å². The molecule has 0 bridgehead atoms. The molecular weight excluding hydrogens is 340 g/mol. The first-order valence-electron chi connectivity index (χ1n) is 9.95. The zero-order valence-electron chi connectivity index (χ0n) is 16.5. The number of aromatic nitrogens is 2. The van der Waals surface area contributed by atoms with Crippen LogP contribution >= 0.6 is 0 Å². The van der Waals surface area contributed by atoms with Crippen LogP contribution in [-0.2, 0) is 22.6 Å². The van der Waals surface area contributed by atoms with Gasteiger partial charge in [0.05, 0.1) is 26.4 Å². The van der Waals surface area contributed by atoms with Crippen molar-refractivity contribution in [1.82, 2.24) is 19.4 Å². The third-order valence-electron chi connectivity index (χ3n) is 5.76. The molecule has 0 N–H and O–H groups in total. The minimum Gasteiger partial charge on any atom is -0.379 e. The Morgan fingerprint density at radius 1 is 0.815 bits per heavy atom. The zero-order valence-corrected chi connectivity index (χ0v) is 16.5. The zero-order chi connectivity index (χ0) is 18.6. The molecule has 0 aliphatic carbocycles. The van der Waals surface area contributed by atoms with Crippen LogP contribution in [0.4, 0.5) is 0 Å². The fourth-order valence-corrected chi connectivity index (χ4v) is 4.17. The summed E-state index contributed by atoms with van der Waals surface area (Å²) in [6, 6.07) is 6.13. The van der Waals surface area contributed by atoms with Crippen molar-refractivity contribution in [3.05, 3.63) is 46.9 Å². The molecule has 0 spiro atoms. The van der Waals surface area contributed by atoms with Crippen molar-refractivity contribution in [3.63, 3.8) is 0 Å². The van der Waals surface area contributed by atoms with E-state index in [0.717, 1.165) is 71.5 Å². The van der Waals surface area contributed by atoms with Crippen molar-refractivity contribution >= 4 is 0 Å². The van der Waals surface area contributed by atoms with Gasteiger partial charge in [-0.3, -0.25) is 9.80 Å². The molecule has 0 amide bonds. The molecule has 0 atom stereocenters. The van der Waals surface area contributed by atoms with E-state index in [4.69, 9.17) is 9.47 Å². The lowest BCUT2D eigenvalue weighted by Gasteiger charge is -2.29. The highest BCUT2D eigenvalue weighted by Crippen LogP contribution is 2.28. The van der Waals surface area contributed by atoms with E-state index in [9.17, 15) is 0 Å². The first-order chi connectivity index (χ1) is 13.2. The Morgan fingerprint density at radius 2 is 1.33 bits per heavy atom. The number of morpholine rings is 2. The molecule has 2 aromatic heterocycles. The predicted octanol–water partition coefficient (Wildman–Crippen LogP) is 2.15. The average Bonchev–Trinajstić information content (AvgIpc) is 2.94. The summed E-state index contributed by atoms with van der Waals surface area (Å²) in [6.45, 7) is 13.8. The van der Waals surface area contributed by atoms with Crippen molar-refractivity contribution in [2.45, 2.75) is 26.9 Å². The second kappa shape index (κ2) is 8.52. The van der Waals surface area contributed by atoms with Crippen LogP contribution in [0.25, 0.3) is 5.82 Å². The summed E-state index contributed by atoms with van der Waals surface area (Å²) in [5, 5.41) is 0. The van der Waals surface area contributed by atoms with Crippen molar-refractivity contribution in [2.24, 2.45) is 0 Å². The second-order valence-corrected chi connectivity index (χ2v) is 7.43. The van der Waals surface area contributed by atoms with Gasteiger partial charge in [0.1, 0.15) is 5.82 Å². The number of ether oxygens (including phenoxy) is 2. The Morgan fingerprint density at radius 3 is 1.78 bits per heavy atom. The summed E-state index contributed by atoms with van der Waals surface area (Å²) in [7, 11) is 0. The number of hydrogen-bond acceptors (Lipinski definition) is 5. The smallest absolute Gasteiger partial charge is 0.136 e. The van der Waals surface area contributed by atoms with E-state index >= 15 is 0 Å². The largest absolute Gasteiger partial charge is 0.379 e.